The molecular formula is C27H54N2O4. The largest absolute Gasteiger partial charge is 0.463 e. The van der Waals surface area contributed by atoms with Crippen molar-refractivity contribution < 1.29 is 19.1 Å². The van der Waals surface area contributed by atoms with Crippen LogP contribution < -0.4 is 10.6 Å². The van der Waals surface area contributed by atoms with Gasteiger partial charge in [0.1, 0.15) is 0 Å². The number of carbonyl (C=O) groups excluding carboxylic acids is 2. The lowest BCUT2D eigenvalue weighted by Crippen LogP contribution is -2.44. The molecular weight excluding hydrogens is 416 g/mol. The molecule has 0 aliphatic rings. The third-order valence-corrected chi connectivity index (χ3v) is 5.56. The average Bonchev–Trinajstić information content (AvgIpc) is 2.54. The first-order valence-corrected chi connectivity index (χ1v) is 12.6. The average molecular weight is 471 g/mol. The van der Waals surface area contributed by atoms with Crippen LogP contribution in [0.3, 0.4) is 0 Å². The van der Waals surface area contributed by atoms with Crippen LogP contribution in [-0.2, 0) is 19.1 Å². The molecule has 33 heavy (non-hydrogen) atoms. The SMILES string of the molecule is CC(C)NC(C)(C)CCOC(C)(C)CCC(=O)NCC(C)(C)CC(C)(C)CC(=O)OC(C)C. The minimum Gasteiger partial charge on any atom is -0.463 e. The Hall–Kier alpha value is -1.14. The van der Waals surface area contributed by atoms with Gasteiger partial charge in [-0.1, -0.05) is 41.5 Å². The molecule has 1 amide bonds. The maximum Gasteiger partial charge on any atom is 0.306 e. The zero-order valence-corrected chi connectivity index (χ0v) is 23.7. The maximum atomic E-state index is 12.5. The van der Waals surface area contributed by atoms with E-state index in [1.54, 1.807) is 0 Å². The monoisotopic (exact) mass is 470 g/mol. The quantitative estimate of drug-likeness (QED) is 0.286. The summed E-state index contributed by atoms with van der Waals surface area (Å²) in [5, 5.41) is 6.64. The lowest BCUT2D eigenvalue weighted by Gasteiger charge is -2.35. The highest BCUT2D eigenvalue weighted by Crippen LogP contribution is 2.36. The first kappa shape index (κ1) is 31.9. The molecule has 0 unspecified atom stereocenters. The van der Waals surface area contributed by atoms with E-state index in [4.69, 9.17) is 9.47 Å². The number of ether oxygens (including phenoxy) is 2. The van der Waals surface area contributed by atoms with Crippen molar-refractivity contribution in [2.24, 2.45) is 10.8 Å². The summed E-state index contributed by atoms with van der Waals surface area (Å²) in [6.07, 6.45) is 3.09. The van der Waals surface area contributed by atoms with Crippen LogP contribution in [0.4, 0.5) is 0 Å². The Morgan fingerprint density at radius 3 is 1.94 bits per heavy atom. The minimum absolute atomic E-state index is 0.0203. The van der Waals surface area contributed by atoms with E-state index in [1.807, 2.05) is 27.7 Å². The molecule has 0 aromatic carbocycles. The normalized spacial score (nSPS) is 13.5. The van der Waals surface area contributed by atoms with E-state index < -0.39 is 0 Å². The Kier molecular flexibility index (Phi) is 12.6. The van der Waals surface area contributed by atoms with Crippen molar-refractivity contribution in [3.05, 3.63) is 0 Å². The van der Waals surface area contributed by atoms with E-state index >= 15 is 0 Å². The Bertz CT molecular complexity index is 607. The molecule has 0 radical (unpaired) electrons. The van der Waals surface area contributed by atoms with Gasteiger partial charge in [0, 0.05) is 31.2 Å². The molecule has 0 heterocycles. The molecule has 0 bridgehead atoms. The van der Waals surface area contributed by atoms with Gasteiger partial charge in [0.25, 0.3) is 0 Å². The van der Waals surface area contributed by atoms with Crippen LogP contribution in [0, 0.1) is 10.8 Å². The summed E-state index contributed by atoms with van der Waals surface area (Å²) < 4.78 is 11.4. The van der Waals surface area contributed by atoms with Crippen molar-refractivity contribution in [2.75, 3.05) is 13.2 Å². The molecule has 0 aliphatic heterocycles. The summed E-state index contributed by atoms with van der Waals surface area (Å²) >= 11 is 0. The number of hydrogen-bond donors (Lipinski definition) is 2. The van der Waals surface area contributed by atoms with Crippen molar-refractivity contribution in [1.29, 1.82) is 0 Å². The van der Waals surface area contributed by atoms with Gasteiger partial charge in [-0.2, -0.15) is 0 Å². The van der Waals surface area contributed by atoms with Gasteiger partial charge >= 0.3 is 5.97 Å². The molecule has 0 saturated carbocycles. The van der Waals surface area contributed by atoms with Crippen molar-refractivity contribution in [1.82, 2.24) is 10.6 Å². The number of nitrogens with one attached hydrogen (secondary N) is 2. The van der Waals surface area contributed by atoms with Gasteiger partial charge < -0.3 is 20.1 Å². The first-order valence-electron chi connectivity index (χ1n) is 12.6. The van der Waals surface area contributed by atoms with Crippen LogP contribution >= 0.6 is 0 Å². The molecule has 196 valence electrons. The van der Waals surface area contributed by atoms with Gasteiger partial charge in [0.15, 0.2) is 0 Å². The van der Waals surface area contributed by atoms with Crippen LogP contribution in [0.25, 0.3) is 0 Å². The second-order valence-corrected chi connectivity index (χ2v) is 13.0. The number of esters is 1. The van der Waals surface area contributed by atoms with E-state index in [2.05, 4.69) is 66.0 Å². The van der Waals surface area contributed by atoms with E-state index in [-0.39, 0.29) is 40.0 Å². The van der Waals surface area contributed by atoms with Crippen LogP contribution in [0.15, 0.2) is 0 Å². The summed E-state index contributed by atoms with van der Waals surface area (Å²) in [5.41, 5.74) is -0.654. The molecule has 0 aliphatic carbocycles. The molecule has 0 rings (SSSR count). The van der Waals surface area contributed by atoms with Gasteiger partial charge in [-0.15, -0.1) is 0 Å². The molecule has 0 saturated heterocycles. The molecule has 0 spiro atoms. The van der Waals surface area contributed by atoms with Crippen molar-refractivity contribution in [3.8, 4) is 0 Å². The second-order valence-electron chi connectivity index (χ2n) is 13.0. The summed E-state index contributed by atoms with van der Waals surface area (Å²) in [4.78, 5) is 24.6. The third kappa shape index (κ3) is 17.0. The summed E-state index contributed by atoms with van der Waals surface area (Å²) in [7, 11) is 0. The van der Waals surface area contributed by atoms with Gasteiger partial charge in [-0.25, -0.2) is 0 Å². The zero-order valence-electron chi connectivity index (χ0n) is 23.7. The molecule has 0 aromatic rings. The van der Waals surface area contributed by atoms with Gasteiger partial charge in [-0.05, 0) is 71.6 Å². The highest BCUT2D eigenvalue weighted by Gasteiger charge is 2.32. The second kappa shape index (κ2) is 13.1. The molecule has 0 fully saturated rings. The Labute approximate surface area is 204 Å². The van der Waals surface area contributed by atoms with Crippen LogP contribution in [0.2, 0.25) is 0 Å². The fraction of sp³-hybridized carbons (Fsp3) is 0.926. The van der Waals surface area contributed by atoms with Gasteiger partial charge in [0.2, 0.25) is 5.91 Å². The third-order valence-electron chi connectivity index (χ3n) is 5.56. The highest BCUT2D eigenvalue weighted by atomic mass is 16.5. The number of carbonyl (C=O) groups is 2. The summed E-state index contributed by atoms with van der Waals surface area (Å²) in [6, 6.07) is 0.431. The van der Waals surface area contributed by atoms with Crippen LogP contribution in [0.5, 0.6) is 0 Å². The molecule has 0 atom stereocenters. The fourth-order valence-electron chi connectivity index (χ4n) is 4.46. The molecule has 6 heteroatoms. The molecule has 0 aromatic heterocycles. The lowest BCUT2D eigenvalue weighted by atomic mass is 9.73. The van der Waals surface area contributed by atoms with Crippen molar-refractivity contribution >= 4 is 11.9 Å². The zero-order chi connectivity index (χ0) is 26.1. The summed E-state index contributed by atoms with van der Waals surface area (Å²) in [6.45, 7) is 26.1. The maximum absolute atomic E-state index is 12.5. The predicted molar refractivity (Wildman–Crippen MR) is 137 cm³/mol. The Morgan fingerprint density at radius 2 is 1.42 bits per heavy atom. The van der Waals surface area contributed by atoms with E-state index in [0.29, 0.717) is 38.5 Å². The van der Waals surface area contributed by atoms with Crippen LogP contribution in [-0.4, -0.2) is 48.3 Å². The van der Waals surface area contributed by atoms with Crippen molar-refractivity contribution in [2.45, 2.75) is 138 Å². The van der Waals surface area contributed by atoms with E-state index in [0.717, 1.165) is 12.8 Å². The molecule has 6 nitrogen and oxygen atoms in total. The van der Waals surface area contributed by atoms with Crippen LogP contribution in [0.1, 0.15) is 115 Å². The first-order chi connectivity index (χ1) is 14.7. The Balaban J connectivity index is 4.45. The standard InChI is InChI=1S/C27H54N2O4/c1-20(2)29-26(9,10)15-16-32-27(11,12)14-13-22(30)28-19-25(7,8)18-24(5,6)17-23(31)33-21(3)4/h20-21,29H,13-19H2,1-12H3,(H,28,30). The number of amides is 1. The van der Waals surface area contributed by atoms with E-state index in [1.165, 1.54) is 0 Å². The highest BCUT2D eigenvalue weighted by molar-refractivity contribution is 5.76. The topological polar surface area (TPSA) is 76.7 Å². The number of hydrogen-bond acceptors (Lipinski definition) is 5. The number of rotatable bonds is 16. The smallest absolute Gasteiger partial charge is 0.306 e. The van der Waals surface area contributed by atoms with Gasteiger partial charge in [-0.3, -0.25) is 9.59 Å². The van der Waals surface area contributed by atoms with Crippen molar-refractivity contribution in [3.63, 3.8) is 0 Å². The fourth-order valence-corrected chi connectivity index (χ4v) is 4.46. The minimum atomic E-state index is -0.348. The predicted octanol–water partition coefficient (Wildman–Crippen LogP) is 5.63. The molecule has 2 N–H and O–H groups in total. The van der Waals surface area contributed by atoms with E-state index in [9.17, 15) is 9.59 Å². The summed E-state index contributed by atoms with van der Waals surface area (Å²) in [5.74, 6) is -0.126. The lowest BCUT2D eigenvalue weighted by molar-refractivity contribution is -0.150. The van der Waals surface area contributed by atoms with Gasteiger partial charge in [0.05, 0.1) is 18.1 Å². The Morgan fingerprint density at radius 1 is 0.848 bits per heavy atom.